The van der Waals surface area contributed by atoms with Gasteiger partial charge in [-0.15, -0.1) is 0 Å². The van der Waals surface area contributed by atoms with Crippen molar-refractivity contribution in [1.29, 1.82) is 5.26 Å². The van der Waals surface area contributed by atoms with Crippen LogP contribution in [0.4, 0.5) is 15.9 Å². The summed E-state index contributed by atoms with van der Waals surface area (Å²) in [5.74, 6) is -1.30. The number of halogens is 1. The maximum Gasteiger partial charge on any atom is 0.254 e. The van der Waals surface area contributed by atoms with Crippen molar-refractivity contribution in [2.75, 3.05) is 18.5 Å². The number of ether oxygens (including phenoxy) is 1. The maximum absolute atomic E-state index is 13.2. The van der Waals surface area contributed by atoms with Crippen LogP contribution in [0.5, 0.6) is 0 Å². The van der Waals surface area contributed by atoms with Crippen LogP contribution in [0.2, 0.25) is 0 Å². The van der Waals surface area contributed by atoms with Gasteiger partial charge in [0.1, 0.15) is 11.4 Å². The lowest BCUT2D eigenvalue weighted by Gasteiger charge is -2.26. The molecule has 2 atom stereocenters. The van der Waals surface area contributed by atoms with Gasteiger partial charge in [-0.05, 0) is 6.42 Å². The number of hydrogen-bond donors (Lipinski definition) is 2. The Hall–Kier alpha value is -2.99. The molecular weight excluding hydrogens is 315 g/mol. The lowest BCUT2D eigenvalue weighted by atomic mass is 9.97. The minimum atomic E-state index is -0.682. The summed E-state index contributed by atoms with van der Waals surface area (Å²) in [6.45, 7) is 0.831. The van der Waals surface area contributed by atoms with E-state index in [-0.39, 0.29) is 23.3 Å². The highest BCUT2D eigenvalue weighted by Crippen LogP contribution is 2.28. The molecule has 0 bridgehead atoms. The Morgan fingerprint density at radius 3 is 3.08 bits per heavy atom. The molecule has 1 unspecified atom stereocenters. The summed E-state index contributed by atoms with van der Waals surface area (Å²) in [4.78, 5) is 15.4. The van der Waals surface area contributed by atoms with Crippen LogP contribution in [0.1, 0.15) is 22.8 Å². The molecule has 1 aliphatic rings. The van der Waals surface area contributed by atoms with Gasteiger partial charge in [-0.1, -0.05) is 0 Å². The molecular formula is C15H15FN6O2. The van der Waals surface area contributed by atoms with Gasteiger partial charge in [-0.25, -0.2) is 4.39 Å². The van der Waals surface area contributed by atoms with Crippen LogP contribution >= 0.6 is 0 Å². The number of nitrogens with two attached hydrogens (primary N) is 1. The zero-order chi connectivity index (χ0) is 17.1. The molecule has 1 aliphatic heterocycles. The summed E-state index contributed by atoms with van der Waals surface area (Å²) >= 11 is 0. The number of nitrogens with one attached hydrogen (secondary N) is 1. The lowest BCUT2D eigenvalue weighted by Crippen LogP contribution is -2.29. The van der Waals surface area contributed by atoms with E-state index in [1.807, 2.05) is 0 Å². The normalized spacial score (nSPS) is 20.3. The molecule has 3 N–H and O–H groups in total. The number of nitriles is 1. The number of pyridine rings is 1. The SMILES string of the molecule is N#CC1CCOC[C@H]1n1cc(C(N)=O)c(Nc2cncc(F)c2)n1. The molecule has 8 nitrogen and oxygen atoms in total. The van der Waals surface area contributed by atoms with Crippen molar-refractivity contribution in [3.05, 3.63) is 36.0 Å². The topological polar surface area (TPSA) is 119 Å². The molecule has 0 aromatic carbocycles. The third kappa shape index (κ3) is 3.18. The second-order valence-corrected chi connectivity index (χ2v) is 5.42. The summed E-state index contributed by atoms with van der Waals surface area (Å²) in [5, 5.41) is 16.4. The first-order chi connectivity index (χ1) is 11.6. The van der Waals surface area contributed by atoms with Gasteiger partial charge in [-0.2, -0.15) is 10.4 Å². The standard InChI is InChI=1S/C15H15FN6O2/c16-10-3-11(6-19-5-10)20-15-12(14(18)23)7-22(21-15)13-8-24-2-1-9(13)4-17/h3,5-7,9,13H,1-2,8H2,(H2,18,23)(H,20,21)/t9?,13-/m1/s1. The van der Waals surface area contributed by atoms with Crippen molar-refractivity contribution in [2.45, 2.75) is 12.5 Å². The van der Waals surface area contributed by atoms with Crippen molar-refractivity contribution >= 4 is 17.4 Å². The van der Waals surface area contributed by atoms with E-state index < -0.39 is 11.7 Å². The number of carbonyl (C=O) groups excluding carboxylic acids is 1. The highest BCUT2D eigenvalue weighted by molar-refractivity contribution is 5.98. The van der Waals surface area contributed by atoms with E-state index in [1.165, 1.54) is 23.1 Å². The highest BCUT2D eigenvalue weighted by atomic mass is 19.1. The molecule has 0 radical (unpaired) electrons. The minimum absolute atomic E-state index is 0.140. The first-order valence-corrected chi connectivity index (χ1v) is 7.32. The monoisotopic (exact) mass is 330 g/mol. The van der Waals surface area contributed by atoms with Gasteiger partial charge in [0.2, 0.25) is 0 Å². The number of amides is 1. The van der Waals surface area contributed by atoms with Crippen LogP contribution in [-0.2, 0) is 4.74 Å². The number of aromatic nitrogens is 3. The van der Waals surface area contributed by atoms with Gasteiger partial charge >= 0.3 is 0 Å². The number of anilines is 2. The van der Waals surface area contributed by atoms with Crippen LogP contribution in [0, 0.1) is 23.1 Å². The van der Waals surface area contributed by atoms with Crippen molar-refractivity contribution in [1.82, 2.24) is 14.8 Å². The molecule has 1 fully saturated rings. The fourth-order valence-corrected chi connectivity index (χ4v) is 2.59. The Morgan fingerprint density at radius 1 is 1.54 bits per heavy atom. The molecule has 2 aromatic heterocycles. The zero-order valence-corrected chi connectivity index (χ0v) is 12.6. The molecule has 1 saturated heterocycles. The van der Waals surface area contributed by atoms with Crippen molar-refractivity contribution in [3.8, 4) is 6.07 Å². The Morgan fingerprint density at radius 2 is 2.38 bits per heavy atom. The fraction of sp³-hybridized carbons (Fsp3) is 0.333. The minimum Gasteiger partial charge on any atom is -0.379 e. The smallest absolute Gasteiger partial charge is 0.254 e. The van der Waals surface area contributed by atoms with Gasteiger partial charge in [0, 0.05) is 18.9 Å². The number of nitrogens with zero attached hydrogens (tertiary/aromatic N) is 4. The van der Waals surface area contributed by atoms with Gasteiger partial charge in [0.05, 0.1) is 42.7 Å². The van der Waals surface area contributed by atoms with Crippen molar-refractivity contribution < 1.29 is 13.9 Å². The quantitative estimate of drug-likeness (QED) is 0.873. The third-order valence-corrected chi connectivity index (χ3v) is 3.80. The average molecular weight is 330 g/mol. The summed E-state index contributed by atoms with van der Waals surface area (Å²) in [7, 11) is 0. The highest BCUT2D eigenvalue weighted by Gasteiger charge is 2.29. The second-order valence-electron chi connectivity index (χ2n) is 5.42. The molecule has 3 rings (SSSR count). The summed E-state index contributed by atoms with van der Waals surface area (Å²) < 4.78 is 20.2. The number of primary amides is 1. The van der Waals surface area contributed by atoms with Crippen molar-refractivity contribution in [2.24, 2.45) is 11.7 Å². The third-order valence-electron chi connectivity index (χ3n) is 3.80. The Balaban J connectivity index is 1.93. The van der Waals surface area contributed by atoms with E-state index in [0.29, 0.717) is 25.3 Å². The van der Waals surface area contributed by atoms with Crippen LogP contribution in [0.15, 0.2) is 24.7 Å². The predicted molar refractivity (Wildman–Crippen MR) is 81.8 cm³/mol. The summed E-state index contributed by atoms with van der Waals surface area (Å²) in [6, 6.07) is 3.13. The van der Waals surface area contributed by atoms with E-state index in [1.54, 1.807) is 0 Å². The Bertz CT molecular complexity index is 800. The van der Waals surface area contributed by atoms with Crippen LogP contribution in [-0.4, -0.2) is 33.9 Å². The first-order valence-electron chi connectivity index (χ1n) is 7.32. The maximum atomic E-state index is 13.2. The first kappa shape index (κ1) is 15.9. The summed E-state index contributed by atoms with van der Waals surface area (Å²) in [5.41, 5.74) is 5.86. The lowest BCUT2D eigenvalue weighted by molar-refractivity contribution is 0.0342. The molecule has 2 aromatic rings. The predicted octanol–water partition coefficient (Wildman–Crippen LogP) is 1.36. The molecule has 0 aliphatic carbocycles. The van der Waals surface area contributed by atoms with Crippen LogP contribution < -0.4 is 11.1 Å². The molecule has 24 heavy (non-hydrogen) atoms. The van der Waals surface area contributed by atoms with E-state index in [2.05, 4.69) is 21.5 Å². The van der Waals surface area contributed by atoms with Gasteiger partial charge in [-0.3, -0.25) is 14.5 Å². The Kier molecular flexibility index (Phi) is 4.39. The van der Waals surface area contributed by atoms with Gasteiger partial charge < -0.3 is 15.8 Å². The van der Waals surface area contributed by atoms with E-state index in [0.717, 1.165) is 6.20 Å². The average Bonchev–Trinajstić information content (AvgIpc) is 2.98. The summed E-state index contributed by atoms with van der Waals surface area (Å²) in [6.07, 6.45) is 4.52. The number of carbonyl (C=O) groups is 1. The molecule has 9 heteroatoms. The van der Waals surface area contributed by atoms with E-state index in [9.17, 15) is 14.4 Å². The Labute approximate surface area is 137 Å². The molecule has 3 heterocycles. The number of rotatable bonds is 4. The van der Waals surface area contributed by atoms with Gasteiger partial charge in [0.25, 0.3) is 5.91 Å². The van der Waals surface area contributed by atoms with E-state index in [4.69, 9.17) is 10.5 Å². The largest absolute Gasteiger partial charge is 0.379 e. The van der Waals surface area contributed by atoms with Crippen molar-refractivity contribution in [3.63, 3.8) is 0 Å². The van der Waals surface area contributed by atoms with Gasteiger partial charge in [0.15, 0.2) is 5.82 Å². The van der Waals surface area contributed by atoms with Crippen LogP contribution in [0.3, 0.4) is 0 Å². The second kappa shape index (κ2) is 6.64. The van der Waals surface area contributed by atoms with E-state index >= 15 is 0 Å². The van der Waals surface area contributed by atoms with Crippen LogP contribution in [0.25, 0.3) is 0 Å². The molecule has 0 spiro atoms. The molecule has 0 saturated carbocycles. The number of hydrogen-bond acceptors (Lipinski definition) is 6. The molecule has 124 valence electrons. The molecule has 1 amide bonds. The fourth-order valence-electron chi connectivity index (χ4n) is 2.59. The zero-order valence-electron chi connectivity index (χ0n) is 12.6.